The van der Waals surface area contributed by atoms with Gasteiger partial charge in [-0.1, -0.05) is 30.1 Å². The van der Waals surface area contributed by atoms with E-state index in [-0.39, 0.29) is 0 Å². The Hall–Kier alpha value is -1.20. The van der Waals surface area contributed by atoms with Crippen molar-refractivity contribution in [2.75, 3.05) is 0 Å². The highest BCUT2D eigenvalue weighted by atomic mass is 35.5. The molecule has 0 atom stereocenters. The summed E-state index contributed by atoms with van der Waals surface area (Å²) in [6, 6.07) is 0. The zero-order valence-corrected chi connectivity index (χ0v) is 9.34. The zero-order valence-electron chi connectivity index (χ0n) is 7.83. The van der Waals surface area contributed by atoms with Crippen molar-refractivity contribution in [1.29, 1.82) is 0 Å². The van der Waals surface area contributed by atoms with E-state index in [2.05, 4.69) is 25.1 Å². The maximum absolute atomic E-state index is 5.95. The van der Waals surface area contributed by atoms with Crippen molar-refractivity contribution < 1.29 is 0 Å². The van der Waals surface area contributed by atoms with Gasteiger partial charge in [0, 0.05) is 5.56 Å². The van der Waals surface area contributed by atoms with E-state index in [4.69, 9.17) is 23.2 Å². The van der Waals surface area contributed by atoms with Crippen molar-refractivity contribution in [3.8, 4) is 11.6 Å². The number of hydrogen-bond acceptors (Lipinski definition) is 4. The summed E-state index contributed by atoms with van der Waals surface area (Å²) in [6.45, 7) is 1.94. The van der Waals surface area contributed by atoms with Crippen LogP contribution in [0.5, 0.6) is 0 Å². The molecule has 5 nitrogen and oxygen atoms in total. The predicted molar refractivity (Wildman–Crippen MR) is 56.8 cm³/mol. The first-order valence-corrected chi connectivity index (χ1v) is 5.05. The molecule has 0 bridgehead atoms. The van der Waals surface area contributed by atoms with Gasteiger partial charge >= 0.3 is 0 Å². The Morgan fingerprint density at radius 1 is 1.27 bits per heavy atom. The molecular weight excluding hydrogens is 237 g/mol. The third-order valence-electron chi connectivity index (χ3n) is 1.89. The second-order valence-electron chi connectivity index (χ2n) is 2.80. The van der Waals surface area contributed by atoms with Crippen molar-refractivity contribution in [1.82, 2.24) is 25.1 Å². The van der Waals surface area contributed by atoms with Crippen molar-refractivity contribution in [3.05, 3.63) is 22.2 Å². The fraction of sp³-hybridized carbons (Fsp3) is 0.250. The number of rotatable bonds is 2. The molecule has 2 rings (SSSR count). The van der Waals surface area contributed by atoms with Crippen molar-refractivity contribution >= 4 is 23.2 Å². The highest BCUT2D eigenvalue weighted by Crippen LogP contribution is 2.24. The standard InChI is InChI=1S/C8H7Cl2N5/c1-2-4-5(9)13-8(14-6(4)10)7-11-3-12-15-7/h3H,2H2,1H3,(H,11,12,15). The molecular formula is C8H7Cl2N5. The quantitative estimate of drug-likeness (QED) is 0.821. The van der Waals surface area contributed by atoms with E-state index in [1.54, 1.807) is 0 Å². The first-order chi connectivity index (χ1) is 7.22. The SMILES string of the molecule is CCc1c(Cl)nc(-c2ncn[nH]2)nc1Cl. The Labute approximate surface area is 95.9 Å². The number of aromatic nitrogens is 5. The molecule has 2 heterocycles. The molecule has 0 aliphatic rings. The largest absolute Gasteiger partial charge is 0.257 e. The van der Waals surface area contributed by atoms with Gasteiger partial charge in [-0.15, -0.1) is 0 Å². The minimum absolute atomic E-state index is 0.347. The molecule has 0 saturated carbocycles. The molecule has 0 radical (unpaired) electrons. The van der Waals surface area contributed by atoms with Gasteiger partial charge in [0.1, 0.15) is 16.6 Å². The third-order valence-corrected chi connectivity index (χ3v) is 2.51. The molecule has 0 saturated heterocycles. The zero-order chi connectivity index (χ0) is 10.8. The van der Waals surface area contributed by atoms with Gasteiger partial charge in [-0.3, -0.25) is 5.10 Å². The molecule has 0 fully saturated rings. The van der Waals surface area contributed by atoms with Crippen LogP contribution in [0.1, 0.15) is 12.5 Å². The molecule has 0 unspecified atom stereocenters. The lowest BCUT2D eigenvalue weighted by atomic mass is 10.3. The molecule has 0 aliphatic carbocycles. The number of hydrogen-bond donors (Lipinski definition) is 1. The lowest BCUT2D eigenvalue weighted by Crippen LogP contribution is -1.97. The van der Waals surface area contributed by atoms with Gasteiger partial charge in [-0.2, -0.15) is 5.10 Å². The smallest absolute Gasteiger partial charge is 0.200 e. The van der Waals surface area contributed by atoms with Gasteiger partial charge in [-0.05, 0) is 6.42 Å². The second-order valence-corrected chi connectivity index (χ2v) is 3.51. The summed E-state index contributed by atoms with van der Waals surface area (Å²) in [7, 11) is 0. The third kappa shape index (κ3) is 1.93. The Balaban J connectivity index is 2.53. The van der Waals surface area contributed by atoms with E-state index in [1.807, 2.05) is 6.92 Å². The molecule has 0 spiro atoms. The van der Waals surface area contributed by atoms with Gasteiger partial charge in [0.2, 0.25) is 0 Å². The van der Waals surface area contributed by atoms with Crippen molar-refractivity contribution in [2.24, 2.45) is 0 Å². The summed E-state index contributed by atoms with van der Waals surface area (Å²) in [5, 5.41) is 7.04. The molecule has 1 N–H and O–H groups in total. The van der Waals surface area contributed by atoms with Gasteiger partial charge in [0.15, 0.2) is 11.6 Å². The van der Waals surface area contributed by atoms with Crippen molar-refractivity contribution in [3.63, 3.8) is 0 Å². The normalized spacial score (nSPS) is 10.6. The number of nitrogens with one attached hydrogen (secondary N) is 1. The first kappa shape index (κ1) is 10.3. The van der Waals surface area contributed by atoms with E-state index in [1.165, 1.54) is 6.33 Å². The van der Waals surface area contributed by atoms with Crippen LogP contribution in [0.4, 0.5) is 0 Å². The van der Waals surface area contributed by atoms with Crippen LogP contribution >= 0.6 is 23.2 Å². The number of nitrogens with zero attached hydrogens (tertiary/aromatic N) is 4. The van der Waals surface area contributed by atoms with Crippen molar-refractivity contribution in [2.45, 2.75) is 13.3 Å². The average molecular weight is 244 g/mol. The van der Waals surface area contributed by atoms with E-state index >= 15 is 0 Å². The minimum Gasteiger partial charge on any atom is -0.257 e. The van der Waals surface area contributed by atoms with Gasteiger partial charge in [-0.25, -0.2) is 15.0 Å². The van der Waals surface area contributed by atoms with Crippen LogP contribution in [0, 0.1) is 0 Å². The van der Waals surface area contributed by atoms with Crippen LogP contribution in [0.15, 0.2) is 6.33 Å². The second kappa shape index (κ2) is 4.12. The van der Waals surface area contributed by atoms with Crippen LogP contribution in [0.3, 0.4) is 0 Å². The molecule has 2 aromatic rings. The van der Waals surface area contributed by atoms with E-state index in [0.717, 1.165) is 5.56 Å². The summed E-state index contributed by atoms with van der Waals surface area (Å²) in [5.41, 5.74) is 0.738. The fourth-order valence-corrected chi connectivity index (χ4v) is 1.80. The van der Waals surface area contributed by atoms with Crippen LogP contribution < -0.4 is 0 Å². The Kier molecular flexibility index (Phi) is 2.83. The highest BCUT2D eigenvalue weighted by molar-refractivity contribution is 6.34. The summed E-state index contributed by atoms with van der Waals surface area (Å²) in [5.74, 6) is 0.793. The summed E-state index contributed by atoms with van der Waals surface area (Å²) in [4.78, 5) is 12.1. The topological polar surface area (TPSA) is 67.3 Å². The molecule has 15 heavy (non-hydrogen) atoms. The summed E-state index contributed by atoms with van der Waals surface area (Å²) >= 11 is 11.9. The lowest BCUT2D eigenvalue weighted by Gasteiger charge is -2.03. The highest BCUT2D eigenvalue weighted by Gasteiger charge is 2.12. The Bertz CT molecular complexity index is 445. The molecule has 2 aromatic heterocycles. The first-order valence-electron chi connectivity index (χ1n) is 4.30. The van der Waals surface area contributed by atoms with Crippen LogP contribution in [-0.4, -0.2) is 25.1 Å². The maximum Gasteiger partial charge on any atom is 0.200 e. The van der Waals surface area contributed by atoms with Crippen LogP contribution in [-0.2, 0) is 6.42 Å². The summed E-state index contributed by atoms with van der Waals surface area (Å²) in [6.07, 6.45) is 2.06. The molecule has 0 aliphatic heterocycles. The average Bonchev–Trinajstić information content (AvgIpc) is 2.69. The number of H-pyrrole nitrogens is 1. The van der Waals surface area contributed by atoms with Gasteiger partial charge in [0.25, 0.3) is 0 Å². The van der Waals surface area contributed by atoms with E-state index in [0.29, 0.717) is 28.4 Å². The number of halogens is 2. The minimum atomic E-state index is 0.347. The Morgan fingerprint density at radius 2 is 1.93 bits per heavy atom. The lowest BCUT2D eigenvalue weighted by molar-refractivity contribution is 1.02. The maximum atomic E-state index is 5.95. The van der Waals surface area contributed by atoms with Gasteiger partial charge < -0.3 is 0 Å². The van der Waals surface area contributed by atoms with Gasteiger partial charge in [0.05, 0.1) is 0 Å². The van der Waals surface area contributed by atoms with E-state index in [9.17, 15) is 0 Å². The molecule has 0 amide bonds. The van der Waals surface area contributed by atoms with E-state index < -0.39 is 0 Å². The Morgan fingerprint density at radius 3 is 2.40 bits per heavy atom. The molecule has 7 heteroatoms. The number of aromatic amines is 1. The van der Waals surface area contributed by atoms with Crippen LogP contribution in [0.2, 0.25) is 10.3 Å². The fourth-order valence-electron chi connectivity index (χ4n) is 1.14. The molecule has 78 valence electrons. The monoisotopic (exact) mass is 243 g/mol. The predicted octanol–water partition coefficient (Wildman–Crippen LogP) is 2.13. The van der Waals surface area contributed by atoms with Crippen LogP contribution in [0.25, 0.3) is 11.6 Å². The molecule has 0 aromatic carbocycles. The summed E-state index contributed by atoms with van der Waals surface area (Å²) < 4.78 is 0.